The molecule has 0 amide bonds. The van der Waals surface area contributed by atoms with Crippen molar-refractivity contribution in [3.8, 4) is 5.75 Å². The molecular weight excluding hydrogens is 298 g/mol. The van der Waals surface area contributed by atoms with Gasteiger partial charge >= 0.3 is 10.2 Å². The van der Waals surface area contributed by atoms with E-state index < -0.39 is 10.2 Å². The molecule has 0 saturated carbocycles. The second kappa shape index (κ2) is 7.41. The lowest BCUT2D eigenvalue weighted by molar-refractivity contribution is 0.377. The minimum Gasteiger partial charge on any atom is -0.487 e. The summed E-state index contributed by atoms with van der Waals surface area (Å²) < 4.78 is 33.2. The van der Waals surface area contributed by atoms with Gasteiger partial charge in [-0.1, -0.05) is 26.1 Å². The SMILES string of the molecule is CCN(CC)S(=O)(=O)Nc1ccc(OCC(N)=S)cc1. The van der Waals surface area contributed by atoms with E-state index in [1.165, 1.54) is 4.31 Å². The van der Waals surface area contributed by atoms with Crippen molar-refractivity contribution in [2.75, 3.05) is 24.4 Å². The van der Waals surface area contributed by atoms with Crippen LogP contribution in [0.3, 0.4) is 0 Å². The quantitative estimate of drug-likeness (QED) is 0.707. The van der Waals surface area contributed by atoms with Gasteiger partial charge in [-0.3, -0.25) is 4.72 Å². The van der Waals surface area contributed by atoms with Gasteiger partial charge in [0.25, 0.3) is 0 Å². The van der Waals surface area contributed by atoms with E-state index in [0.717, 1.165) is 0 Å². The Bertz CT molecular complexity index is 540. The van der Waals surface area contributed by atoms with Crippen LogP contribution in [0.15, 0.2) is 24.3 Å². The van der Waals surface area contributed by atoms with E-state index in [-0.39, 0.29) is 11.6 Å². The summed E-state index contributed by atoms with van der Waals surface area (Å²) in [7, 11) is -3.51. The van der Waals surface area contributed by atoms with Gasteiger partial charge in [0.05, 0.1) is 5.69 Å². The largest absolute Gasteiger partial charge is 0.487 e. The molecule has 1 aromatic rings. The fraction of sp³-hybridized carbons (Fsp3) is 0.417. The maximum atomic E-state index is 12.0. The van der Waals surface area contributed by atoms with E-state index >= 15 is 0 Å². The van der Waals surface area contributed by atoms with E-state index in [9.17, 15) is 8.42 Å². The fourth-order valence-electron chi connectivity index (χ4n) is 1.55. The molecule has 0 aliphatic heterocycles. The van der Waals surface area contributed by atoms with Crippen molar-refractivity contribution in [3.05, 3.63) is 24.3 Å². The minimum atomic E-state index is -3.51. The monoisotopic (exact) mass is 317 g/mol. The lowest BCUT2D eigenvalue weighted by Gasteiger charge is -2.19. The smallest absolute Gasteiger partial charge is 0.301 e. The highest BCUT2D eigenvalue weighted by atomic mass is 32.2. The van der Waals surface area contributed by atoms with Crippen molar-refractivity contribution < 1.29 is 13.2 Å². The van der Waals surface area contributed by atoms with Gasteiger partial charge in [-0.05, 0) is 24.3 Å². The number of thiocarbonyl (C=S) groups is 1. The number of nitrogens with zero attached hydrogens (tertiary/aromatic N) is 1. The molecule has 0 saturated heterocycles. The highest BCUT2D eigenvalue weighted by molar-refractivity contribution is 7.90. The first-order valence-electron chi connectivity index (χ1n) is 6.18. The van der Waals surface area contributed by atoms with Crippen LogP contribution in [-0.2, 0) is 10.2 Å². The molecule has 0 unspecified atom stereocenters. The first-order valence-corrected chi connectivity index (χ1v) is 8.03. The van der Waals surface area contributed by atoms with Crippen molar-refractivity contribution in [3.63, 3.8) is 0 Å². The molecule has 20 heavy (non-hydrogen) atoms. The van der Waals surface area contributed by atoms with E-state index in [1.807, 2.05) is 0 Å². The van der Waals surface area contributed by atoms with Crippen LogP contribution in [0.5, 0.6) is 5.75 Å². The summed E-state index contributed by atoms with van der Waals surface area (Å²) in [5.74, 6) is 0.573. The molecule has 3 N–H and O–H groups in total. The summed E-state index contributed by atoms with van der Waals surface area (Å²) in [6.07, 6.45) is 0. The Hall–Kier alpha value is -1.38. The Morgan fingerprint density at radius 3 is 2.30 bits per heavy atom. The van der Waals surface area contributed by atoms with Gasteiger partial charge in [0, 0.05) is 13.1 Å². The second-order valence-electron chi connectivity index (χ2n) is 3.97. The second-order valence-corrected chi connectivity index (χ2v) is 6.17. The molecule has 0 aliphatic carbocycles. The number of hydrogen-bond acceptors (Lipinski definition) is 4. The maximum Gasteiger partial charge on any atom is 0.301 e. The number of nitrogens with one attached hydrogen (secondary N) is 1. The summed E-state index contributed by atoms with van der Waals surface area (Å²) >= 11 is 4.70. The van der Waals surface area contributed by atoms with E-state index in [0.29, 0.717) is 24.5 Å². The van der Waals surface area contributed by atoms with Crippen LogP contribution < -0.4 is 15.2 Å². The summed E-state index contributed by atoms with van der Waals surface area (Å²) in [5.41, 5.74) is 5.80. The zero-order valence-electron chi connectivity index (χ0n) is 11.5. The third-order valence-corrected chi connectivity index (χ3v) is 4.34. The fourth-order valence-corrected chi connectivity index (χ4v) is 2.85. The molecule has 8 heteroatoms. The predicted octanol–water partition coefficient (Wildman–Crippen LogP) is 1.35. The lowest BCUT2D eigenvalue weighted by atomic mass is 10.3. The van der Waals surface area contributed by atoms with Gasteiger partial charge in [-0.15, -0.1) is 0 Å². The molecule has 1 aromatic carbocycles. The lowest BCUT2D eigenvalue weighted by Crippen LogP contribution is -2.35. The molecule has 0 bridgehead atoms. The third kappa shape index (κ3) is 4.95. The van der Waals surface area contributed by atoms with Crippen molar-refractivity contribution >= 4 is 33.1 Å². The van der Waals surface area contributed by atoms with Gasteiger partial charge in [0.2, 0.25) is 0 Å². The summed E-state index contributed by atoms with van der Waals surface area (Å²) in [6, 6.07) is 6.54. The van der Waals surface area contributed by atoms with Gasteiger partial charge in [-0.2, -0.15) is 12.7 Å². The average Bonchev–Trinajstić information content (AvgIpc) is 2.38. The van der Waals surface area contributed by atoms with Gasteiger partial charge in [-0.25, -0.2) is 0 Å². The summed E-state index contributed by atoms with van der Waals surface area (Å²) in [6.45, 7) is 4.56. The highest BCUT2D eigenvalue weighted by Gasteiger charge is 2.18. The van der Waals surface area contributed by atoms with Crippen LogP contribution in [0.4, 0.5) is 5.69 Å². The van der Waals surface area contributed by atoms with Crippen molar-refractivity contribution in [1.29, 1.82) is 0 Å². The molecule has 112 valence electrons. The van der Waals surface area contributed by atoms with E-state index in [2.05, 4.69) is 4.72 Å². The summed E-state index contributed by atoms with van der Waals surface area (Å²) in [4.78, 5) is 0.260. The van der Waals surface area contributed by atoms with Gasteiger partial charge in [0.15, 0.2) is 0 Å². The zero-order valence-corrected chi connectivity index (χ0v) is 13.1. The van der Waals surface area contributed by atoms with E-state index in [4.69, 9.17) is 22.7 Å². The Labute approximate surface area is 125 Å². The molecular formula is C12H19N3O3S2. The molecule has 0 atom stereocenters. The standard InChI is InChI=1S/C12H19N3O3S2/c1-3-15(4-2)20(16,17)14-10-5-7-11(8-6-10)18-9-12(13)19/h5-8,14H,3-4,9H2,1-2H3,(H2,13,19). The molecule has 0 aromatic heterocycles. The molecule has 0 radical (unpaired) electrons. The number of ether oxygens (including phenoxy) is 1. The Morgan fingerprint density at radius 1 is 1.30 bits per heavy atom. The molecule has 1 rings (SSSR count). The molecule has 0 heterocycles. The molecule has 0 aliphatic rings. The van der Waals surface area contributed by atoms with E-state index in [1.54, 1.807) is 38.1 Å². The topological polar surface area (TPSA) is 84.7 Å². The normalized spacial score (nSPS) is 11.3. The Morgan fingerprint density at radius 2 is 1.85 bits per heavy atom. The number of hydrogen-bond donors (Lipinski definition) is 2. The molecule has 6 nitrogen and oxygen atoms in total. The number of benzene rings is 1. The van der Waals surface area contributed by atoms with Crippen LogP contribution in [0.25, 0.3) is 0 Å². The Balaban J connectivity index is 2.72. The van der Waals surface area contributed by atoms with Crippen molar-refractivity contribution in [2.24, 2.45) is 5.73 Å². The van der Waals surface area contributed by atoms with Crippen LogP contribution in [0.2, 0.25) is 0 Å². The van der Waals surface area contributed by atoms with Crippen LogP contribution in [0.1, 0.15) is 13.8 Å². The highest BCUT2D eigenvalue weighted by Crippen LogP contribution is 2.17. The van der Waals surface area contributed by atoms with Gasteiger partial charge in [0.1, 0.15) is 17.3 Å². The van der Waals surface area contributed by atoms with Crippen LogP contribution in [0, 0.1) is 0 Å². The average molecular weight is 317 g/mol. The zero-order chi connectivity index (χ0) is 15.2. The first-order chi connectivity index (χ1) is 9.39. The number of anilines is 1. The molecule has 0 spiro atoms. The number of rotatable bonds is 8. The Kier molecular flexibility index (Phi) is 6.18. The van der Waals surface area contributed by atoms with Crippen molar-refractivity contribution in [2.45, 2.75) is 13.8 Å². The first kappa shape index (κ1) is 16.7. The summed E-state index contributed by atoms with van der Waals surface area (Å²) in [5, 5.41) is 0. The molecule has 0 fully saturated rings. The van der Waals surface area contributed by atoms with Crippen molar-refractivity contribution in [1.82, 2.24) is 4.31 Å². The van der Waals surface area contributed by atoms with Crippen LogP contribution in [-0.4, -0.2) is 37.4 Å². The predicted molar refractivity (Wildman–Crippen MR) is 84.2 cm³/mol. The third-order valence-electron chi connectivity index (χ3n) is 2.53. The maximum absolute atomic E-state index is 12.0. The van der Waals surface area contributed by atoms with Gasteiger partial charge < -0.3 is 10.5 Å². The van der Waals surface area contributed by atoms with Crippen LogP contribution >= 0.6 is 12.2 Å². The minimum absolute atomic E-state index is 0.153. The number of nitrogens with two attached hydrogens (primary N) is 1.